The quantitative estimate of drug-likeness (QED) is 0.0719. The van der Waals surface area contributed by atoms with Crippen LogP contribution in [0.4, 0.5) is 20.5 Å². The maximum Gasteiger partial charge on any atom is 0.247 e. The number of ether oxygens (including phenoxy) is 3. The van der Waals surface area contributed by atoms with E-state index < -0.39 is 76.7 Å². The predicted molar refractivity (Wildman–Crippen MR) is 176 cm³/mol. The molecule has 6 rings (SSSR count). The number of aliphatic hydroxyl groups excluding tert-OH is 2. The Balaban J connectivity index is 1.09. The Labute approximate surface area is 286 Å². The number of anilines is 2. The van der Waals surface area contributed by atoms with Crippen molar-refractivity contribution in [1.29, 1.82) is 0 Å². The summed E-state index contributed by atoms with van der Waals surface area (Å²) in [6.45, 7) is -0.831. The van der Waals surface area contributed by atoms with Crippen molar-refractivity contribution in [3.63, 3.8) is 0 Å². The van der Waals surface area contributed by atoms with Crippen LogP contribution in [0.5, 0.6) is 5.88 Å². The molecule has 2 aliphatic heterocycles. The summed E-state index contributed by atoms with van der Waals surface area (Å²) in [5.41, 5.74) is 6.74. The molecule has 2 fully saturated rings. The molecule has 4 aromatic heterocycles. The van der Waals surface area contributed by atoms with Crippen molar-refractivity contribution in [2.45, 2.75) is 49.2 Å². The van der Waals surface area contributed by atoms with Gasteiger partial charge in [0.1, 0.15) is 37.4 Å². The lowest BCUT2D eigenvalue weighted by atomic mass is 10.1. The van der Waals surface area contributed by atoms with Gasteiger partial charge in [-0.3, -0.25) is 9.13 Å². The second-order valence-electron chi connectivity index (χ2n) is 10.5. The summed E-state index contributed by atoms with van der Waals surface area (Å²) in [6, 6.07) is 0. The second-order valence-corrected chi connectivity index (χ2v) is 14.1. The third-order valence-corrected chi connectivity index (χ3v) is 9.08. The van der Waals surface area contributed by atoms with Gasteiger partial charge in [-0.15, -0.1) is 0 Å². The Bertz CT molecular complexity index is 1880. The normalized spacial score (nSPS) is 28.5. The molecule has 49 heavy (non-hydrogen) atoms. The van der Waals surface area contributed by atoms with Gasteiger partial charge < -0.3 is 54.3 Å². The highest BCUT2D eigenvalue weighted by molar-refractivity contribution is 8.00. The van der Waals surface area contributed by atoms with Crippen LogP contribution < -0.4 is 15.8 Å². The minimum absolute atomic E-state index is 0.0218. The van der Waals surface area contributed by atoms with Crippen molar-refractivity contribution in [2.24, 2.45) is 0 Å². The maximum atomic E-state index is 15.3. The van der Waals surface area contributed by atoms with E-state index in [1.54, 1.807) is 12.2 Å². The van der Waals surface area contributed by atoms with Crippen molar-refractivity contribution < 1.29 is 52.0 Å². The number of nitrogens with two attached hydrogens (primary N) is 1. The molecular weight excluding hydrogens is 736 g/mol. The van der Waals surface area contributed by atoms with Gasteiger partial charge in [-0.1, -0.05) is 6.08 Å². The molecule has 266 valence electrons. The van der Waals surface area contributed by atoms with Crippen LogP contribution in [0, 0.1) is 0 Å². The van der Waals surface area contributed by atoms with Gasteiger partial charge in [0.15, 0.2) is 67.2 Å². The van der Waals surface area contributed by atoms with Gasteiger partial charge in [-0.2, -0.15) is 9.97 Å². The van der Waals surface area contributed by atoms with Crippen molar-refractivity contribution >= 4 is 72.0 Å². The number of nitrogens with one attached hydrogen (secondary N) is 1. The van der Waals surface area contributed by atoms with Crippen molar-refractivity contribution in [1.82, 2.24) is 39.0 Å². The number of imidazole rings is 2. The summed E-state index contributed by atoms with van der Waals surface area (Å²) in [4.78, 5) is 44.2. The van der Waals surface area contributed by atoms with Crippen LogP contribution in [0.3, 0.4) is 0 Å². The largest absolute Gasteiger partial charge is 0.472 e. The first-order chi connectivity index (χ1) is 23.6. The van der Waals surface area contributed by atoms with Gasteiger partial charge in [0.05, 0.1) is 25.9 Å². The molecule has 19 nitrogen and oxygen atoms in total. The predicted octanol–water partition coefficient (Wildman–Crippen LogP) is -0.182. The fourth-order valence-corrected chi connectivity index (χ4v) is 7.14. The number of fused-ring (bicyclic) bond motifs is 2. The Morgan fingerprint density at radius 1 is 0.878 bits per heavy atom. The molecule has 0 saturated carbocycles. The molecule has 4 aromatic rings. The Morgan fingerprint density at radius 3 is 2.06 bits per heavy atom. The zero-order chi connectivity index (χ0) is 34.8. The van der Waals surface area contributed by atoms with E-state index in [9.17, 15) is 20.0 Å². The molecule has 0 bridgehead atoms. The highest BCUT2D eigenvalue weighted by atomic mass is 32.4. The van der Waals surface area contributed by atoms with Crippen molar-refractivity contribution in [2.75, 3.05) is 37.4 Å². The molecule has 25 heteroatoms. The molecule has 7 N–H and O–H groups in total. The molecule has 0 spiro atoms. The molecule has 0 aromatic carbocycles. The number of hydrogen-bond acceptors (Lipinski definition) is 17. The van der Waals surface area contributed by atoms with E-state index in [2.05, 4.69) is 58.8 Å². The zero-order valence-corrected chi connectivity index (χ0v) is 28.5. The van der Waals surface area contributed by atoms with Crippen LogP contribution in [0.15, 0.2) is 31.1 Å². The number of hydrogen-bond donors (Lipinski definition) is 6. The molecule has 2 saturated heterocycles. The van der Waals surface area contributed by atoms with E-state index in [-0.39, 0.29) is 41.8 Å². The molecule has 6 heterocycles. The third-order valence-electron chi connectivity index (χ3n) is 7.55. The van der Waals surface area contributed by atoms with Crippen LogP contribution in [0.25, 0.3) is 22.3 Å². The summed E-state index contributed by atoms with van der Waals surface area (Å²) < 4.78 is 60.5. The van der Waals surface area contributed by atoms with E-state index in [0.29, 0.717) is 11.3 Å². The molecule has 0 amide bonds. The van der Waals surface area contributed by atoms with Gasteiger partial charge in [0.25, 0.3) is 0 Å². The van der Waals surface area contributed by atoms with Crippen LogP contribution in [0.2, 0.25) is 0 Å². The second kappa shape index (κ2) is 15.5. The standard InChI is InChI=1S/C24H30F2N10O9P2S2/c25-12-16(44-46(39)48)10(5-37)42-22(12)35-8-31-14-18(29-7-30-19(14)35)28-3-1-2-4-41-21-15-20(33-24(27)34-21)36(9-32-15)23-13(26)17(45-47(40)49)11(6-38)43-23/h1-2,7-13,16-17,22-23,37-38,46-47H,3-6H2,(H,39,48)(H,40,49)(H2,27,33,34)(H,28,29,30)/b2-1+/t10?,11?,12-,13-,16?,17-,22-,23?/m1/s1. The molecule has 0 radical (unpaired) electrons. The number of aliphatic hydroxyl groups is 2. The maximum absolute atomic E-state index is 15.3. The summed E-state index contributed by atoms with van der Waals surface area (Å²) in [6.07, 6.45) is -3.57. The summed E-state index contributed by atoms with van der Waals surface area (Å²) in [5, 5.41) is 22.3. The smallest absolute Gasteiger partial charge is 0.247 e. The van der Waals surface area contributed by atoms with Crippen LogP contribution >= 0.6 is 14.3 Å². The van der Waals surface area contributed by atoms with Gasteiger partial charge in [0.2, 0.25) is 11.8 Å². The summed E-state index contributed by atoms with van der Waals surface area (Å²) in [7, 11) is -5.35. The topological polar surface area (TPSA) is 252 Å². The lowest BCUT2D eigenvalue weighted by Gasteiger charge is -2.17. The Morgan fingerprint density at radius 2 is 1.47 bits per heavy atom. The van der Waals surface area contributed by atoms with E-state index in [4.69, 9.17) is 29.0 Å². The fourth-order valence-electron chi connectivity index (χ4n) is 5.44. The van der Waals surface area contributed by atoms with Gasteiger partial charge in [-0.25, -0.2) is 28.7 Å². The minimum atomic E-state index is -2.69. The van der Waals surface area contributed by atoms with Gasteiger partial charge >= 0.3 is 0 Å². The van der Waals surface area contributed by atoms with Crippen molar-refractivity contribution in [3.8, 4) is 5.88 Å². The molecule has 0 aliphatic carbocycles. The van der Waals surface area contributed by atoms with Crippen LogP contribution in [0.1, 0.15) is 12.5 Å². The Kier molecular flexibility index (Phi) is 11.4. The van der Waals surface area contributed by atoms with Crippen molar-refractivity contribution in [3.05, 3.63) is 31.1 Å². The highest BCUT2D eigenvalue weighted by Gasteiger charge is 2.49. The van der Waals surface area contributed by atoms with Gasteiger partial charge in [-0.05, 0) is 29.7 Å². The SMILES string of the molecule is Nc1nc(OC/C=C/CNc2ncnc3c2ncn3[C@@H]2OC(CO)C(O[PH](O)=S)[C@H]2F)c2ncn(C3OC(CO)[C@@H](O[PH](O)=S)[C@H]3F)c2n1. The number of aromatic nitrogens is 8. The molecule has 10 atom stereocenters. The number of nitrogen functional groups attached to an aromatic ring is 1. The monoisotopic (exact) mass is 766 g/mol. The lowest BCUT2D eigenvalue weighted by Crippen LogP contribution is -2.32. The number of halogens is 2. The minimum Gasteiger partial charge on any atom is -0.472 e. The van der Waals surface area contributed by atoms with E-state index in [0.717, 1.165) is 0 Å². The lowest BCUT2D eigenvalue weighted by molar-refractivity contribution is -0.0430. The first-order valence-electron chi connectivity index (χ1n) is 14.4. The number of alkyl halides is 2. The summed E-state index contributed by atoms with van der Waals surface area (Å²) in [5.74, 6) is 0.190. The molecule has 6 unspecified atom stereocenters. The molecule has 2 aliphatic rings. The van der Waals surface area contributed by atoms with Crippen LogP contribution in [-0.4, -0.2) is 122 Å². The Hall–Kier alpha value is -2.92. The first-order valence-corrected chi connectivity index (χ1v) is 19.4. The fraction of sp³-hybridized carbons (Fsp3) is 0.500. The zero-order valence-electron chi connectivity index (χ0n) is 24.9. The van der Waals surface area contributed by atoms with E-state index in [1.807, 2.05) is 0 Å². The van der Waals surface area contributed by atoms with Gasteiger partial charge in [0, 0.05) is 6.54 Å². The van der Waals surface area contributed by atoms with Crippen LogP contribution in [-0.2, 0) is 42.1 Å². The summed E-state index contributed by atoms with van der Waals surface area (Å²) >= 11 is 9.36. The average Bonchev–Trinajstić information content (AvgIpc) is 3.83. The van der Waals surface area contributed by atoms with E-state index >= 15 is 8.78 Å². The molecular formula is C24H30F2N10O9P2S2. The highest BCUT2D eigenvalue weighted by Crippen LogP contribution is 2.40. The first kappa shape index (κ1) is 35.9. The van der Waals surface area contributed by atoms with E-state index in [1.165, 1.54) is 28.1 Å². The number of nitrogens with zero attached hydrogens (tertiary/aromatic N) is 8. The average molecular weight is 767 g/mol. The number of rotatable bonds is 14. The third kappa shape index (κ3) is 7.43.